The van der Waals surface area contributed by atoms with Crippen molar-refractivity contribution in [3.8, 4) is 5.75 Å². The summed E-state index contributed by atoms with van der Waals surface area (Å²) in [6, 6.07) is 10.9. The molecule has 0 fully saturated rings. The number of aromatic nitrogens is 3. The summed E-state index contributed by atoms with van der Waals surface area (Å²) in [5.74, 6) is -2.02. The molecular formula is C26H28ClFN4O6. The molecule has 38 heavy (non-hydrogen) atoms. The maximum atomic E-state index is 14.5. The summed E-state index contributed by atoms with van der Waals surface area (Å²) in [6.07, 6.45) is -0.454. The van der Waals surface area contributed by atoms with Gasteiger partial charge >= 0.3 is 17.3 Å². The van der Waals surface area contributed by atoms with Crippen molar-refractivity contribution in [3.05, 3.63) is 79.8 Å². The number of nitrogens with zero attached hydrogens (tertiary/aromatic N) is 3. The number of rotatable bonds is 13. The van der Waals surface area contributed by atoms with Gasteiger partial charge in [-0.15, -0.1) is 0 Å². The number of nitrogens with one attached hydrogen (secondary N) is 1. The molecule has 0 bridgehead atoms. The zero-order valence-electron chi connectivity index (χ0n) is 20.9. The molecule has 0 unspecified atom stereocenters. The highest BCUT2D eigenvalue weighted by Gasteiger charge is 2.16. The third kappa shape index (κ3) is 8.01. The van der Waals surface area contributed by atoms with Crippen LogP contribution >= 0.6 is 11.6 Å². The van der Waals surface area contributed by atoms with Gasteiger partial charge in [0.1, 0.15) is 5.78 Å². The second-order valence-electron chi connectivity index (χ2n) is 8.84. The van der Waals surface area contributed by atoms with Crippen LogP contribution in [0.3, 0.4) is 0 Å². The van der Waals surface area contributed by atoms with Crippen molar-refractivity contribution < 1.29 is 23.8 Å². The number of halogens is 2. The lowest BCUT2D eigenvalue weighted by Crippen LogP contribution is -2.42. The first kappa shape index (κ1) is 28.6. The molecule has 1 heterocycles. The first-order valence-electron chi connectivity index (χ1n) is 12.0. The fourth-order valence-electron chi connectivity index (χ4n) is 3.59. The van der Waals surface area contributed by atoms with E-state index in [1.54, 1.807) is 38.1 Å². The average molecular weight is 547 g/mol. The number of hydrogen-bond acceptors (Lipinski definition) is 7. The second kappa shape index (κ2) is 13.0. The Kier molecular flexibility index (Phi) is 9.78. The van der Waals surface area contributed by atoms with E-state index in [1.165, 1.54) is 22.8 Å². The van der Waals surface area contributed by atoms with Gasteiger partial charge in [0.2, 0.25) is 5.95 Å². The van der Waals surface area contributed by atoms with Gasteiger partial charge in [0, 0.05) is 36.2 Å². The summed E-state index contributed by atoms with van der Waals surface area (Å²) in [7, 11) is 0. The number of hydrogen-bond donors (Lipinski definition) is 2. The van der Waals surface area contributed by atoms with Crippen molar-refractivity contribution >= 4 is 35.0 Å². The van der Waals surface area contributed by atoms with E-state index >= 15 is 0 Å². The van der Waals surface area contributed by atoms with E-state index in [9.17, 15) is 23.6 Å². The first-order valence-corrected chi connectivity index (χ1v) is 12.3. The highest BCUT2D eigenvalue weighted by atomic mass is 35.5. The standard InChI is InChI=1S/C26H28ClFN4O6/c1-16(2)38-22-11-9-19(14-21(22)28)29-24-30-25(36)31(13-3-4-20(33)10-12-23(34)35)26(37)32(24)15-17-5-7-18(27)8-6-17/h5-9,11,14,16H,3-4,10,12-13,15H2,1-2H3,(H,34,35)(H,29,30,36). The number of carbonyl (C=O) groups excluding carboxylic acids is 1. The van der Waals surface area contributed by atoms with Crippen LogP contribution in [0.15, 0.2) is 52.1 Å². The molecule has 3 aromatic rings. The van der Waals surface area contributed by atoms with Crippen LogP contribution in [0, 0.1) is 5.82 Å². The van der Waals surface area contributed by atoms with Crippen molar-refractivity contribution in [1.82, 2.24) is 14.1 Å². The van der Waals surface area contributed by atoms with E-state index in [1.807, 2.05) is 0 Å². The number of carboxylic acids is 1. The Morgan fingerprint density at radius 2 is 1.79 bits per heavy atom. The quantitative estimate of drug-likeness (QED) is 0.329. The molecule has 0 saturated heterocycles. The maximum absolute atomic E-state index is 14.5. The van der Waals surface area contributed by atoms with Crippen molar-refractivity contribution in [1.29, 1.82) is 0 Å². The first-order chi connectivity index (χ1) is 18.0. The molecular weight excluding hydrogens is 519 g/mol. The molecule has 1 aromatic heterocycles. The Bertz CT molecular complexity index is 1420. The number of carbonyl (C=O) groups is 2. The molecule has 0 aliphatic carbocycles. The number of ketones is 1. The van der Waals surface area contributed by atoms with Crippen molar-refractivity contribution in [2.75, 3.05) is 5.32 Å². The van der Waals surface area contributed by atoms with Crippen LogP contribution in [0.5, 0.6) is 5.75 Å². The van der Waals surface area contributed by atoms with Gasteiger partial charge in [-0.3, -0.25) is 14.2 Å². The van der Waals surface area contributed by atoms with E-state index in [2.05, 4.69) is 10.3 Å². The monoisotopic (exact) mass is 546 g/mol. The van der Waals surface area contributed by atoms with E-state index in [0.717, 1.165) is 4.57 Å². The highest BCUT2D eigenvalue weighted by Crippen LogP contribution is 2.24. The number of Topliss-reactive ketones (excluding diaryl/α,β-unsaturated/α-hetero) is 1. The summed E-state index contributed by atoms with van der Waals surface area (Å²) in [5.41, 5.74) is -0.581. The largest absolute Gasteiger partial charge is 0.488 e. The van der Waals surface area contributed by atoms with Gasteiger partial charge in [-0.05, 0) is 50.1 Å². The molecule has 202 valence electrons. The molecule has 12 heteroatoms. The Hall–Kier alpha value is -3.99. The topological polar surface area (TPSA) is 133 Å². The van der Waals surface area contributed by atoms with Crippen LogP contribution in [-0.4, -0.2) is 37.1 Å². The number of benzene rings is 2. The molecule has 0 amide bonds. The zero-order chi connectivity index (χ0) is 27.8. The lowest BCUT2D eigenvalue weighted by atomic mass is 10.1. The highest BCUT2D eigenvalue weighted by molar-refractivity contribution is 6.30. The van der Waals surface area contributed by atoms with Crippen LogP contribution in [0.4, 0.5) is 16.0 Å². The number of aliphatic carboxylic acids is 1. The third-order valence-corrected chi connectivity index (χ3v) is 5.66. The molecule has 0 radical (unpaired) electrons. The lowest BCUT2D eigenvalue weighted by molar-refractivity contribution is -0.138. The average Bonchev–Trinajstić information content (AvgIpc) is 2.85. The van der Waals surface area contributed by atoms with Crippen LogP contribution in [0.25, 0.3) is 0 Å². The summed E-state index contributed by atoms with van der Waals surface area (Å²) in [6.45, 7) is 3.48. The normalized spacial score (nSPS) is 11.0. The van der Waals surface area contributed by atoms with Gasteiger partial charge in [-0.2, -0.15) is 4.98 Å². The van der Waals surface area contributed by atoms with Crippen molar-refractivity contribution in [3.63, 3.8) is 0 Å². The van der Waals surface area contributed by atoms with Gasteiger partial charge in [0.15, 0.2) is 11.6 Å². The minimum Gasteiger partial charge on any atom is -0.488 e. The molecule has 2 N–H and O–H groups in total. The van der Waals surface area contributed by atoms with Gasteiger partial charge < -0.3 is 15.2 Å². The SMILES string of the molecule is CC(C)Oc1ccc(Nc2nc(=O)n(CCCC(=O)CCC(=O)O)c(=O)n2Cc2ccc(Cl)cc2)cc1F. The zero-order valence-corrected chi connectivity index (χ0v) is 21.7. The minimum atomic E-state index is -1.08. The van der Waals surface area contributed by atoms with E-state index in [0.29, 0.717) is 10.6 Å². The Morgan fingerprint density at radius 1 is 1.08 bits per heavy atom. The summed E-state index contributed by atoms with van der Waals surface area (Å²) >= 11 is 5.97. The van der Waals surface area contributed by atoms with Crippen LogP contribution in [0.1, 0.15) is 45.1 Å². The molecule has 10 nitrogen and oxygen atoms in total. The Morgan fingerprint density at radius 3 is 2.42 bits per heavy atom. The minimum absolute atomic E-state index is 0.0143. The summed E-state index contributed by atoms with van der Waals surface area (Å²) in [5, 5.41) is 12.1. The van der Waals surface area contributed by atoms with Crippen molar-refractivity contribution in [2.24, 2.45) is 0 Å². The molecule has 0 aliphatic heterocycles. The smallest absolute Gasteiger partial charge is 0.354 e. The second-order valence-corrected chi connectivity index (χ2v) is 9.27. The number of ether oxygens (including phenoxy) is 1. The van der Waals surface area contributed by atoms with Gasteiger partial charge in [0.05, 0.1) is 19.1 Å². The summed E-state index contributed by atoms with van der Waals surface area (Å²) < 4.78 is 22.1. The van der Waals surface area contributed by atoms with Gasteiger partial charge in [-0.25, -0.2) is 18.5 Å². The maximum Gasteiger partial charge on any atom is 0.354 e. The molecule has 0 atom stereocenters. The molecule has 0 aliphatic rings. The predicted octanol–water partition coefficient (Wildman–Crippen LogP) is 3.99. The molecule has 0 saturated carbocycles. The van der Waals surface area contributed by atoms with Crippen molar-refractivity contribution in [2.45, 2.75) is 58.7 Å². The Labute approximate surface area is 222 Å². The van der Waals surface area contributed by atoms with E-state index < -0.39 is 23.2 Å². The fourth-order valence-corrected chi connectivity index (χ4v) is 3.72. The summed E-state index contributed by atoms with van der Waals surface area (Å²) in [4.78, 5) is 52.7. The molecule has 3 rings (SSSR count). The van der Waals surface area contributed by atoms with E-state index in [-0.39, 0.29) is 68.0 Å². The van der Waals surface area contributed by atoms with Crippen LogP contribution in [0.2, 0.25) is 5.02 Å². The van der Waals surface area contributed by atoms with Gasteiger partial charge in [-0.1, -0.05) is 23.7 Å². The van der Waals surface area contributed by atoms with Gasteiger partial charge in [0.25, 0.3) is 0 Å². The third-order valence-electron chi connectivity index (χ3n) is 5.41. The van der Waals surface area contributed by atoms with E-state index in [4.69, 9.17) is 21.4 Å². The number of carboxylic acid groups (broad SMARTS) is 1. The molecule has 0 spiro atoms. The van der Waals surface area contributed by atoms with Crippen LogP contribution in [-0.2, 0) is 22.7 Å². The fraction of sp³-hybridized carbons (Fsp3) is 0.346. The predicted molar refractivity (Wildman–Crippen MR) is 140 cm³/mol. The Balaban J connectivity index is 1.90. The lowest BCUT2D eigenvalue weighted by Gasteiger charge is -2.16. The number of anilines is 2. The van der Waals surface area contributed by atoms with Crippen LogP contribution < -0.4 is 21.4 Å². The molecule has 2 aromatic carbocycles.